The van der Waals surface area contributed by atoms with E-state index >= 15 is 0 Å². The summed E-state index contributed by atoms with van der Waals surface area (Å²) in [5.41, 5.74) is 2.99. The van der Waals surface area contributed by atoms with Gasteiger partial charge in [-0.15, -0.1) is 0 Å². The predicted octanol–water partition coefficient (Wildman–Crippen LogP) is 5.62. The van der Waals surface area contributed by atoms with Crippen molar-refractivity contribution in [2.75, 3.05) is 5.32 Å². The number of hydrogen-bond donors (Lipinski definition) is 1. The Hall–Kier alpha value is -2.26. The van der Waals surface area contributed by atoms with Gasteiger partial charge < -0.3 is 9.88 Å². The number of fused-ring (bicyclic) bond motifs is 1. The van der Waals surface area contributed by atoms with Gasteiger partial charge in [-0.2, -0.15) is 0 Å². The third-order valence-corrected chi connectivity index (χ3v) is 4.67. The molecule has 0 aliphatic heterocycles. The van der Waals surface area contributed by atoms with E-state index in [1.54, 1.807) is 12.1 Å². The summed E-state index contributed by atoms with van der Waals surface area (Å²) in [7, 11) is 0. The summed E-state index contributed by atoms with van der Waals surface area (Å²) in [6.07, 6.45) is 1.96. The normalized spacial score (nSPS) is 12.5. The minimum Gasteiger partial charge on any atom is -0.335 e. The van der Waals surface area contributed by atoms with Crippen LogP contribution in [0.2, 0.25) is 5.02 Å². The van der Waals surface area contributed by atoms with E-state index in [0.717, 1.165) is 10.9 Å². The van der Waals surface area contributed by atoms with E-state index < -0.39 is 0 Å². The summed E-state index contributed by atoms with van der Waals surface area (Å²) in [6, 6.07) is 15.4. The molecule has 3 aromatic rings. The van der Waals surface area contributed by atoms with Gasteiger partial charge in [-0.25, -0.2) is 0 Å². The van der Waals surface area contributed by atoms with E-state index in [4.69, 9.17) is 11.6 Å². The van der Waals surface area contributed by atoms with E-state index in [2.05, 4.69) is 43.4 Å². The zero-order valence-electron chi connectivity index (χ0n) is 14.1. The van der Waals surface area contributed by atoms with Crippen molar-refractivity contribution in [1.82, 2.24) is 4.57 Å². The SMILES string of the molecule is CC(C)c1ccc2c(ccn2C(C)C(=O)Nc2ccccc2Cl)c1. The van der Waals surface area contributed by atoms with Crippen LogP contribution in [-0.4, -0.2) is 10.5 Å². The molecule has 2 aromatic carbocycles. The average Bonchev–Trinajstić information content (AvgIpc) is 2.99. The van der Waals surface area contributed by atoms with Crippen molar-refractivity contribution in [3.63, 3.8) is 0 Å². The van der Waals surface area contributed by atoms with Gasteiger partial charge in [-0.3, -0.25) is 4.79 Å². The Morgan fingerprint density at radius 3 is 2.54 bits per heavy atom. The van der Waals surface area contributed by atoms with E-state index in [1.807, 2.05) is 29.8 Å². The maximum atomic E-state index is 12.6. The topological polar surface area (TPSA) is 34.0 Å². The summed E-state index contributed by atoms with van der Waals surface area (Å²) in [5, 5.41) is 4.59. The van der Waals surface area contributed by atoms with Crippen LogP contribution in [0.15, 0.2) is 54.7 Å². The molecule has 0 saturated carbocycles. The van der Waals surface area contributed by atoms with Gasteiger partial charge in [-0.05, 0) is 54.1 Å². The summed E-state index contributed by atoms with van der Waals surface area (Å²) in [6.45, 7) is 6.25. The molecule has 1 unspecified atom stereocenters. The van der Waals surface area contributed by atoms with Crippen LogP contribution in [0.4, 0.5) is 5.69 Å². The largest absolute Gasteiger partial charge is 0.335 e. The third kappa shape index (κ3) is 3.17. The Balaban J connectivity index is 1.87. The number of aromatic nitrogens is 1. The zero-order valence-corrected chi connectivity index (χ0v) is 14.8. The van der Waals surface area contributed by atoms with E-state index in [-0.39, 0.29) is 11.9 Å². The van der Waals surface area contributed by atoms with Gasteiger partial charge in [0.2, 0.25) is 5.91 Å². The van der Waals surface area contributed by atoms with Crippen molar-refractivity contribution in [3.8, 4) is 0 Å². The number of nitrogens with zero attached hydrogens (tertiary/aromatic N) is 1. The van der Waals surface area contributed by atoms with Crippen LogP contribution in [-0.2, 0) is 4.79 Å². The summed E-state index contributed by atoms with van der Waals surface area (Å²) < 4.78 is 1.99. The van der Waals surface area contributed by atoms with Gasteiger partial charge in [-0.1, -0.05) is 43.6 Å². The smallest absolute Gasteiger partial charge is 0.247 e. The van der Waals surface area contributed by atoms with Crippen LogP contribution in [0.3, 0.4) is 0 Å². The monoisotopic (exact) mass is 340 g/mol. The second-order valence-corrected chi connectivity index (χ2v) is 6.75. The van der Waals surface area contributed by atoms with Crippen LogP contribution in [0.5, 0.6) is 0 Å². The first kappa shape index (κ1) is 16.6. The molecular formula is C20H21ClN2O. The molecule has 1 aromatic heterocycles. The summed E-state index contributed by atoms with van der Waals surface area (Å²) >= 11 is 6.12. The molecule has 1 N–H and O–H groups in total. The number of amides is 1. The van der Waals surface area contributed by atoms with Gasteiger partial charge in [0.15, 0.2) is 0 Å². The van der Waals surface area contributed by atoms with E-state index in [1.165, 1.54) is 5.56 Å². The number of para-hydroxylation sites is 1. The van der Waals surface area contributed by atoms with Crippen molar-refractivity contribution >= 4 is 34.1 Å². The fraction of sp³-hybridized carbons (Fsp3) is 0.250. The first-order chi connectivity index (χ1) is 11.5. The number of carbonyl (C=O) groups excluding carboxylic acids is 1. The molecule has 1 heterocycles. The van der Waals surface area contributed by atoms with E-state index in [9.17, 15) is 4.79 Å². The highest BCUT2D eigenvalue weighted by Gasteiger charge is 2.17. The molecule has 0 spiro atoms. The molecule has 0 fully saturated rings. The van der Waals surface area contributed by atoms with Crippen LogP contribution < -0.4 is 5.32 Å². The molecule has 0 saturated heterocycles. The first-order valence-electron chi connectivity index (χ1n) is 8.13. The molecular weight excluding hydrogens is 320 g/mol. The van der Waals surface area contributed by atoms with Gasteiger partial charge >= 0.3 is 0 Å². The molecule has 0 radical (unpaired) electrons. The van der Waals surface area contributed by atoms with Gasteiger partial charge in [0, 0.05) is 11.7 Å². The number of nitrogens with one attached hydrogen (secondary N) is 1. The highest BCUT2D eigenvalue weighted by molar-refractivity contribution is 6.33. The Kier molecular flexibility index (Phi) is 4.63. The minimum atomic E-state index is -0.330. The number of benzene rings is 2. The molecule has 3 rings (SSSR count). The van der Waals surface area contributed by atoms with Crippen LogP contribution >= 0.6 is 11.6 Å². The maximum absolute atomic E-state index is 12.6. The molecule has 1 atom stereocenters. The molecule has 124 valence electrons. The lowest BCUT2D eigenvalue weighted by Gasteiger charge is -2.16. The highest BCUT2D eigenvalue weighted by Crippen LogP contribution is 2.26. The van der Waals surface area contributed by atoms with Gasteiger partial charge in [0.25, 0.3) is 0 Å². The minimum absolute atomic E-state index is 0.0893. The van der Waals surface area contributed by atoms with E-state index in [0.29, 0.717) is 16.6 Å². The lowest BCUT2D eigenvalue weighted by Crippen LogP contribution is -2.23. The number of halogens is 1. The Morgan fingerprint density at radius 1 is 1.08 bits per heavy atom. The second-order valence-electron chi connectivity index (χ2n) is 6.34. The molecule has 0 aliphatic rings. The Morgan fingerprint density at radius 2 is 1.83 bits per heavy atom. The lowest BCUT2D eigenvalue weighted by atomic mass is 10.0. The number of hydrogen-bond acceptors (Lipinski definition) is 1. The lowest BCUT2D eigenvalue weighted by molar-refractivity contribution is -0.118. The molecule has 0 aliphatic carbocycles. The molecule has 24 heavy (non-hydrogen) atoms. The number of anilines is 1. The molecule has 1 amide bonds. The fourth-order valence-electron chi connectivity index (χ4n) is 2.81. The van der Waals surface area contributed by atoms with Crippen molar-refractivity contribution in [3.05, 3.63) is 65.3 Å². The van der Waals surface area contributed by atoms with Crippen LogP contribution in [0.25, 0.3) is 10.9 Å². The quantitative estimate of drug-likeness (QED) is 0.657. The zero-order chi connectivity index (χ0) is 17.3. The molecule has 4 heteroatoms. The van der Waals surface area contributed by atoms with Gasteiger partial charge in [0.1, 0.15) is 6.04 Å². The fourth-order valence-corrected chi connectivity index (χ4v) is 2.99. The Bertz CT molecular complexity index is 882. The number of rotatable bonds is 4. The van der Waals surface area contributed by atoms with Crippen molar-refractivity contribution in [2.45, 2.75) is 32.7 Å². The highest BCUT2D eigenvalue weighted by atomic mass is 35.5. The van der Waals surface area contributed by atoms with Crippen LogP contribution in [0, 0.1) is 0 Å². The van der Waals surface area contributed by atoms with Crippen molar-refractivity contribution in [1.29, 1.82) is 0 Å². The maximum Gasteiger partial charge on any atom is 0.247 e. The van der Waals surface area contributed by atoms with Crippen molar-refractivity contribution < 1.29 is 4.79 Å². The molecule has 3 nitrogen and oxygen atoms in total. The molecule has 0 bridgehead atoms. The standard InChI is InChI=1S/C20H21ClN2O/c1-13(2)15-8-9-19-16(12-15)10-11-23(19)14(3)20(24)22-18-7-5-4-6-17(18)21/h4-14H,1-3H3,(H,22,24). The average molecular weight is 341 g/mol. The second kappa shape index (κ2) is 6.70. The summed E-state index contributed by atoms with van der Waals surface area (Å²) in [4.78, 5) is 12.6. The van der Waals surface area contributed by atoms with Crippen LogP contribution in [0.1, 0.15) is 38.3 Å². The first-order valence-corrected chi connectivity index (χ1v) is 8.51. The third-order valence-electron chi connectivity index (χ3n) is 4.34. The predicted molar refractivity (Wildman–Crippen MR) is 101 cm³/mol. The number of carbonyl (C=O) groups is 1. The Labute approximate surface area is 147 Å². The van der Waals surface area contributed by atoms with Gasteiger partial charge in [0.05, 0.1) is 10.7 Å². The summed E-state index contributed by atoms with van der Waals surface area (Å²) in [5.74, 6) is 0.396. The van der Waals surface area contributed by atoms with Crippen molar-refractivity contribution in [2.24, 2.45) is 0 Å².